The molecule has 0 unspecified atom stereocenters. The van der Waals surface area contributed by atoms with Gasteiger partial charge in [0, 0.05) is 36.4 Å². The zero-order valence-electron chi connectivity index (χ0n) is 26.5. The van der Waals surface area contributed by atoms with Crippen LogP contribution in [0.5, 0.6) is 34.5 Å². The van der Waals surface area contributed by atoms with Crippen LogP contribution in [0, 0.1) is 0 Å². The lowest BCUT2D eigenvalue weighted by Gasteiger charge is -2.17. The molecular weight excluding hydrogens is 560 g/mol. The minimum Gasteiger partial charge on any atom is -0.493 e. The average molecular weight is 605 g/mol. The molecule has 0 atom stereocenters. The van der Waals surface area contributed by atoms with Gasteiger partial charge < -0.3 is 48.1 Å². The van der Waals surface area contributed by atoms with Gasteiger partial charge in [-0.2, -0.15) is 0 Å². The molecule has 2 aromatic rings. The first-order valence-electron chi connectivity index (χ1n) is 13.2. The standard InChI is InChI=1S/C16H23NO5.C15H21NO5/c1-17(2)10-11-22-15-12(7-9-14(18)20-4)6-8-13(19-3)16(15)21-5;1-16(2)9-10-21-14-11(6-8-13(17)18)5-7-12(19-3)15(14)20-4/h6-9H,10-11H2,1-5H3;5-8H,9-10H2,1-4H3,(H,17,18)/b9-7+;8-6+. The molecule has 0 bridgehead atoms. The molecule has 238 valence electrons. The number of nitrogens with zero attached hydrogens (tertiary/aromatic N) is 2. The lowest BCUT2D eigenvalue weighted by molar-refractivity contribution is -0.135. The summed E-state index contributed by atoms with van der Waals surface area (Å²) in [6.45, 7) is 2.41. The van der Waals surface area contributed by atoms with Gasteiger partial charge >= 0.3 is 11.9 Å². The van der Waals surface area contributed by atoms with Crippen molar-refractivity contribution in [2.24, 2.45) is 0 Å². The quantitative estimate of drug-likeness (QED) is 0.222. The Morgan fingerprint density at radius 2 is 1.07 bits per heavy atom. The predicted octanol–water partition coefficient (Wildman–Crippen LogP) is 3.57. The van der Waals surface area contributed by atoms with Crippen LogP contribution >= 0.6 is 0 Å². The molecule has 0 aliphatic heterocycles. The van der Waals surface area contributed by atoms with Crippen LogP contribution in [0.2, 0.25) is 0 Å². The zero-order valence-corrected chi connectivity index (χ0v) is 26.5. The fourth-order valence-corrected chi connectivity index (χ4v) is 3.44. The van der Waals surface area contributed by atoms with Gasteiger partial charge in [-0.1, -0.05) is 0 Å². The number of carbonyl (C=O) groups is 2. The number of carboxylic acids is 1. The Morgan fingerprint density at radius 1 is 0.651 bits per heavy atom. The number of carboxylic acid groups (broad SMARTS) is 1. The Labute approximate surface area is 253 Å². The van der Waals surface area contributed by atoms with Crippen LogP contribution in [-0.2, 0) is 14.3 Å². The fraction of sp³-hybridized carbons (Fsp3) is 0.419. The van der Waals surface area contributed by atoms with Crippen molar-refractivity contribution in [1.82, 2.24) is 9.80 Å². The molecule has 0 aliphatic carbocycles. The van der Waals surface area contributed by atoms with Gasteiger partial charge in [-0.25, -0.2) is 9.59 Å². The molecule has 0 amide bonds. The number of esters is 1. The third-order valence-corrected chi connectivity index (χ3v) is 5.64. The highest BCUT2D eigenvalue weighted by molar-refractivity contribution is 5.88. The molecule has 0 heterocycles. The first-order valence-corrected chi connectivity index (χ1v) is 13.2. The van der Waals surface area contributed by atoms with Crippen molar-refractivity contribution in [1.29, 1.82) is 0 Å². The highest BCUT2D eigenvalue weighted by Gasteiger charge is 2.17. The van der Waals surface area contributed by atoms with E-state index in [-0.39, 0.29) is 0 Å². The second kappa shape index (κ2) is 19.7. The summed E-state index contributed by atoms with van der Waals surface area (Å²) in [6, 6.07) is 6.99. The van der Waals surface area contributed by atoms with Crippen LogP contribution in [0.15, 0.2) is 36.4 Å². The van der Waals surface area contributed by atoms with Crippen LogP contribution in [0.4, 0.5) is 0 Å². The molecule has 0 spiro atoms. The van der Waals surface area contributed by atoms with Crippen molar-refractivity contribution in [3.63, 3.8) is 0 Å². The summed E-state index contributed by atoms with van der Waals surface area (Å²) in [5.74, 6) is 1.58. The Morgan fingerprint density at radius 3 is 1.40 bits per heavy atom. The SMILES string of the molecule is COC(=O)/C=C/c1ccc(OC)c(OC)c1OCCN(C)C.COc1ccc(/C=C/C(=O)O)c(OCCN(C)C)c1OC. The van der Waals surface area contributed by atoms with E-state index in [0.29, 0.717) is 58.8 Å². The van der Waals surface area contributed by atoms with E-state index in [0.717, 1.165) is 19.2 Å². The van der Waals surface area contributed by atoms with Crippen LogP contribution < -0.4 is 28.4 Å². The zero-order chi connectivity index (χ0) is 32.4. The molecule has 0 fully saturated rings. The Hall–Kier alpha value is -4.42. The smallest absolute Gasteiger partial charge is 0.330 e. The predicted molar refractivity (Wildman–Crippen MR) is 165 cm³/mol. The molecule has 0 radical (unpaired) electrons. The van der Waals surface area contributed by atoms with Gasteiger partial charge in [-0.3, -0.25) is 0 Å². The Bertz CT molecular complexity index is 1230. The van der Waals surface area contributed by atoms with Crippen molar-refractivity contribution in [3.8, 4) is 34.5 Å². The molecule has 43 heavy (non-hydrogen) atoms. The molecule has 0 saturated carbocycles. The number of likely N-dealkylation sites (N-methyl/N-ethyl adjacent to an activating group) is 2. The van der Waals surface area contributed by atoms with Crippen LogP contribution in [-0.4, -0.2) is 117 Å². The van der Waals surface area contributed by atoms with E-state index < -0.39 is 11.9 Å². The lowest BCUT2D eigenvalue weighted by atomic mass is 10.1. The van der Waals surface area contributed by atoms with Crippen molar-refractivity contribution in [2.45, 2.75) is 0 Å². The molecule has 0 aliphatic rings. The third kappa shape index (κ3) is 12.5. The summed E-state index contributed by atoms with van der Waals surface area (Å²) < 4.78 is 37.4. The van der Waals surface area contributed by atoms with Crippen molar-refractivity contribution < 1.29 is 47.9 Å². The minimum atomic E-state index is -1.02. The number of benzene rings is 2. The number of hydrogen-bond donors (Lipinski definition) is 1. The van der Waals surface area contributed by atoms with E-state index in [1.54, 1.807) is 44.6 Å². The average Bonchev–Trinajstić information content (AvgIpc) is 2.98. The van der Waals surface area contributed by atoms with E-state index in [2.05, 4.69) is 4.74 Å². The van der Waals surface area contributed by atoms with Crippen LogP contribution in [0.3, 0.4) is 0 Å². The van der Waals surface area contributed by atoms with Gasteiger partial charge in [0.15, 0.2) is 23.0 Å². The lowest BCUT2D eigenvalue weighted by Crippen LogP contribution is -2.19. The monoisotopic (exact) mass is 604 g/mol. The van der Waals surface area contributed by atoms with Crippen molar-refractivity contribution in [3.05, 3.63) is 47.5 Å². The summed E-state index contributed by atoms with van der Waals surface area (Å²) in [5.41, 5.74) is 1.33. The largest absolute Gasteiger partial charge is 0.493 e. The van der Waals surface area contributed by atoms with Gasteiger partial charge in [0.2, 0.25) is 11.5 Å². The van der Waals surface area contributed by atoms with E-state index >= 15 is 0 Å². The summed E-state index contributed by atoms with van der Waals surface area (Å²) in [4.78, 5) is 25.9. The molecule has 12 heteroatoms. The van der Waals surface area contributed by atoms with Crippen molar-refractivity contribution in [2.75, 3.05) is 90.0 Å². The molecule has 1 N–H and O–H groups in total. The van der Waals surface area contributed by atoms with Gasteiger partial charge in [0.05, 0.1) is 35.5 Å². The number of methoxy groups -OCH3 is 5. The second-order valence-corrected chi connectivity index (χ2v) is 9.27. The Kier molecular flexibility index (Phi) is 16.7. The van der Waals surface area contributed by atoms with E-state index in [9.17, 15) is 9.59 Å². The molecule has 2 rings (SSSR count). The summed E-state index contributed by atoms with van der Waals surface area (Å²) in [5, 5.41) is 8.75. The normalized spacial score (nSPS) is 10.9. The van der Waals surface area contributed by atoms with Gasteiger partial charge in [0.1, 0.15) is 13.2 Å². The van der Waals surface area contributed by atoms with Crippen LogP contribution in [0.1, 0.15) is 11.1 Å². The first-order chi connectivity index (χ1) is 20.5. The van der Waals surface area contributed by atoms with E-state index in [1.807, 2.05) is 38.0 Å². The minimum absolute atomic E-state index is 0.436. The Balaban J connectivity index is 0.000000430. The highest BCUT2D eigenvalue weighted by Crippen LogP contribution is 2.41. The summed E-state index contributed by atoms with van der Waals surface area (Å²) in [7, 11) is 15.3. The number of aliphatic carboxylic acids is 1. The third-order valence-electron chi connectivity index (χ3n) is 5.64. The first kappa shape index (κ1) is 36.6. The van der Waals surface area contributed by atoms with E-state index in [1.165, 1.54) is 33.5 Å². The number of rotatable bonds is 16. The van der Waals surface area contributed by atoms with Gasteiger partial charge in [0.25, 0.3) is 0 Å². The topological polar surface area (TPSA) is 125 Å². The van der Waals surface area contributed by atoms with Crippen LogP contribution in [0.25, 0.3) is 12.2 Å². The summed E-state index contributed by atoms with van der Waals surface area (Å²) in [6.07, 6.45) is 5.48. The van der Waals surface area contributed by atoms with Gasteiger partial charge in [-0.15, -0.1) is 0 Å². The molecule has 0 aromatic heterocycles. The molecule has 2 aromatic carbocycles. The molecule has 12 nitrogen and oxygen atoms in total. The molecule has 0 saturated heterocycles. The van der Waals surface area contributed by atoms with Gasteiger partial charge in [-0.05, 0) is 64.6 Å². The number of carbonyl (C=O) groups excluding carboxylic acids is 1. The highest BCUT2D eigenvalue weighted by atomic mass is 16.5. The fourth-order valence-electron chi connectivity index (χ4n) is 3.44. The second-order valence-electron chi connectivity index (χ2n) is 9.27. The summed E-state index contributed by atoms with van der Waals surface area (Å²) >= 11 is 0. The number of ether oxygens (including phenoxy) is 7. The molecular formula is C31H44N2O10. The van der Waals surface area contributed by atoms with E-state index in [4.69, 9.17) is 33.5 Å². The number of hydrogen-bond acceptors (Lipinski definition) is 11. The maximum atomic E-state index is 11.3. The maximum Gasteiger partial charge on any atom is 0.330 e. The van der Waals surface area contributed by atoms with Crippen molar-refractivity contribution >= 4 is 24.1 Å². The maximum absolute atomic E-state index is 11.3.